The average molecular weight is 507 g/mol. The van der Waals surface area contributed by atoms with Crippen LogP contribution < -0.4 is 14.8 Å². The third-order valence-corrected chi connectivity index (χ3v) is 5.90. The quantitative estimate of drug-likeness (QED) is 0.345. The minimum Gasteiger partial charge on any atom is -0.484 e. The predicted octanol–water partition coefficient (Wildman–Crippen LogP) is 4.46. The molecule has 4 aromatic rings. The number of oxazole rings is 1. The Kier molecular flexibility index (Phi) is 6.68. The van der Waals surface area contributed by atoms with E-state index in [1.54, 1.807) is 36.2 Å². The average Bonchev–Trinajstić information content (AvgIpc) is 3.52. The molecule has 1 saturated heterocycles. The molecule has 184 valence electrons. The Balaban J connectivity index is 1.30. The van der Waals surface area contributed by atoms with Crippen molar-refractivity contribution in [3.8, 4) is 11.6 Å². The van der Waals surface area contributed by atoms with Crippen LogP contribution in [0.1, 0.15) is 18.1 Å². The molecule has 1 amide bonds. The fourth-order valence-electron chi connectivity index (χ4n) is 3.86. The van der Waals surface area contributed by atoms with Gasteiger partial charge in [-0.05, 0) is 30.3 Å². The van der Waals surface area contributed by atoms with E-state index in [2.05, 4.69) is 31.8 Å². The van der Waals surface area contributed by atoms with E-state index in [1.807, 2.05) is 12.1 Å². The Morgan fingerprint density at radius 2 is 2.19 bits per heavy atom. The minimum atomic E-state index is -0.146. The monoisotopic (exact) mass is 506 g/mol. The number of amides is 1. The Morgan fingerprint density at radius 3 is 2.97 bits per heavy atom. The molecular formula is C25H23ClN6O4. The van der Waals surface area contributed by atoms with Crippen molar-refractivity contribution in [3.05, 3.63) is 72.2 Å². The number of halogens is 1. The summed E-state index contributed by atoms with van der Waals surface area (Å²) in [6.45, 7) is 6.64. The first-order valence-corrected chi connectivity index (χ1v) is 11.7. The SMILES string of the molecule is C=CC(=O)N1CC[C@H](Oc2ccc3ncnc(Nc4ccc(OCc5cnc(C)o5)c(Cl)c4)c3n2)C1. The minimum absolute atomic E-state index is 0.101. The number of aryl methyl sites for hydroxylation is 1. The number of benzene rings is 1. The lowest BCUT2D eigenvalue weighted by atomic mass is 10.3. The fraction of sp³-hybridized carbons (Fsp3) is 0.240. The highest BCUT2D eigenvalue weighted by atomic mass is 35.5. The van der Waals surface area contributed by atoms with Crippen LogP contribution in [0.25, 0.3) is 11.0 Å². The summed E-state index contributed by atoms with van der Waals surface area (Å²) in [5, 5.41) is 3.66. The summed E-state index contributed by atoms with van der Waals surface area (Å²) < 4.78 is 17.2. The molecule has 1 atom stereocenters. The number of aromatic nitrogens is 4. The second kappa shape index (κ2) is 10.2. The summed E-state index contributed by atoms with van der Waals surface area (Å²) in [5.74, 6) is 2.53. The zero-order chi connectivity index (χ0) is 25.1. The number of ether oxygens (including phenoxy) is 2. The summed E-state index contributed by atoms with van der Waals surface area (Å²) in [5.41, 5.74) is 1.90. The van der Waals surface area contributed by atoms with Crippen molar-refractivity contribution in [2.24, 2.45) is 0 Å². The lowest BCUT2D eigenvalue weighted by Crippen LogP contribution is -2.29. The molecule has 0 saturated carbocycles. The molecule has 1 aliphatic rings. The first-order valence-electron chi connectivity index (χ1n) is 11.3. The van der Waals surface area contributed by atoms with Crippen molar-refractivity contribution in [2.75, 3.05) is 18.4 Å². The number of anilines is 2. The molecule has 11 heteroatoms. The van der Waals surface area contributed by atoms with Gasteiger partial charge in [-0.1, -0.05) is 18.2 Å². The standard InChI is InChI=1S/C25H23ClN6O4/c1-3-23(33)32-9-8-17(12-32)36-22-7-5-20-24(31-22)25(29-14-28-20)30-16-4-6-21(19(26)10-16)34-13-18-11-27-15(2)35-18/h3-7,10-11,14,17H,1,8-9,12-13H2,2H3,(H,28,29,30)/t17-/m0/s1. The van der Waals surface area contributed by atoms with E-state index < -0.39 is 0 Å². The zero-order valence-electron chi connectivity index (χ0n) is 19.5. The third-order valence-electron chi connectivity index (χ3n) is 5.61. The number of hydrogen-bond acceptors (Lipinski definition) is 9. The molecule has 4 heterocycles. The zero-order valence-corrected chi connectivity index (χ0v) is 20.2. The second-order valence-electron chi connectivity index (χ2n) is 8.16. The summed E-state index contributed by atoms with van der Waals surface area (Å²) in [4.78, 5) is 30.9. The van der Waals surface area contributed by atoms with Gasteiger partial charge in [-0.2, -0.15) is 0 Å². The van der Waals surface area contributed by atoms with Crippen LogP contribution in [0.4, 0.5) is 11.5 Å². The maximum atomic E-state index is 11.8. The molecule has 0 spiro atoms. The number of rotatable bonds is 8. The lowest BCUT2D eigenvalue weighted by molar-refractivity contribution is -0.125. The van der Waals surface area contributed by atoms with Crippen LogP contribution in [0.15, 0.2) is 59.9 Å². The van der Waals surface area contributed by atoms with Gasteiger partial charge in [0.2, 0.25) is 11.8 Å². The van der Waals surface area contributed by atoms with Gasteiger partial charge in [0.1, 0.15) is 30.3 Å². The molecule has 1 N–H and O–H groups in total. The van der Waals surface area contributed by atoms with E-state index in [4.69, 9.17) is 25.5 Å². The van der Waals surface area contributed by atoms with E-state index in [0.717, 1.165) is 6.42 Å². The van der Waals surface area contributed by atoms with E-state index in [-0.39, 0.29) is 18.6 Å². The maximum Gasteiger partial charge on any atom is 0.246 e. The summed E-state index contributed by atoms with van der Waals surface area (Å²) in [7, 11) is 0. The molecule has 36 heavy (non-hydrogen) atoms. The summed E-state index contributed by atoms with van der Waals surface area (Å²) in [6, 6.07) is 8.90. The fourth-order valence-corrected chi connectivity index (χ4v) is 4.09. The normalized spacial score (nSPS) is 15.2. The lowest BCUT2D eigenvalue weighted by Gasteiger charge is -2.15. The number of carbonyl (C=O) groups is 1. The van der Waals surface area contributed by atoms with Crippen molar-refractivity contribution in [2.45, 2.75) is 26.1 Å². The van der Waals surface area contributed by atoms with Crippen LogP contribution in [0, 0.1) is 6.92 Å². The van der Waals surface area contributed by atoms with Gasteiger partial charge in [0.05, 0.1) is 23.3 Å². The van der Waals surface area contributed by atoms with Gasteiger partial charge in [0.15, 0.2) is 17.5 Å². The van der Waals surface area contributed by atoms with Crippen molar-refractivity contribution < 1.29 is 18.7 Å². The number of fused-ring (bicyclic) bond motifs is 1. The smallest absolute Gasteiger partial charge is 0.246 e. The van der Waals surface area contributed by atoms with Crippen LogP contribution in [0.5, 0.6) is 11.6 Å². The van der Waals surface area contributed by atoms with E-state index >= 15 is 0 Å². The highest BCUT2D eigenvalue weighted by molar-refractivity contribution is 6.32. The molecule has 1 fully saturated rings. The molecule has 0 unspecified atom stereocenters. The number of nitrogens with zero attached hydrogens (tertiary/aromatic N) is 5. The molecule has 10 nitrogen and oxygen atoms in total. The first-order chi connectivity index (χ1) is 17.5. The van der Waals surface area contributed by atoms with Crippen LogP contribution in [0.3, 0.4) is 0 Å². The number of likely N-dealkylation sites (tertiary alicyclic amines) is 1. The number of hydrogen-bond donors (Lipinski definition) is 1. The van der Waals surface area contributed by atoms with Gasteiger partial charge in [0, 0.05) is 31.6 Å². The van der Waals surface area contributed by atoms with E-state index in [0.29, 0.717) is 63.9 Å². The topological polar surface area (TPSA) is 116 Å². The molecule has 0 bridgehead atoms. The van der Waals surface area contributed by atoms with Gasteiger partial charge in [-0.25, -0.2) is 19.9 Å². The van der Waals surface area contributed by atoms with Crippen molar-refractivity contribution in [3.63, 3.8) is 0 Å². The molecule has 0 radical (unpaired) electrons. The number of nitrogens with one attached hydrogen (secondary N) is 1. The number of carbonyl (C=O) groups excluding carboxylic acids is 1. The van der Waals surface area contributed by atoms with Crippen LogP contribution in [-0.4, -0.2) is 49.9 Å². The molecule has 1 aromatic carbocycles. The van der Waals surface area contributed by atoms with Gasteiger partial charge in [-0.15, -0.1) is 0 Å². The maximum absolute atomic E-state index is 11.8. The molecular weight excluding hydrogens is 484 g/mol. The largest absolute Gasteiger partial charge is 0.484 e. The Labute approximate surface area is 211 Å². The number of pyridine rings is 1. The van der Waals surface area contributed by atoms with E-state index in [1.165, 1.54) is 12.4 Å². The van der Waals surface area contributed by atoms with E-state index in [9.17, 15) is 4.79 Å². The van der Waals surface area contributed by atoms with Crippen molar-refractivity contribution >= 4 is 40.0 Å². The van der Waals surface area contributed by atoms with Crippen LogP contribution in [-0.2, 0) is 11.4 Å². The van der Waals surface area contributed by atoms with Crippen LogP contribution in [0.2, 0.25) is 5.02 Å². The molecule has 5 rings (SSSR count). The molecule has 3 aromatic heterocycles. The second-order valence-corrected chi connectivity index (χ2v) is 8.57. The summed E-state index contributed by atoms with van der Waals surface area (Å²) in [6.07, 6.45) is 4.97. The van der Waals surface area contributed by atoms with Crippen molar-refractivity contribution in [1.82, 2.24) is 24.8 Å². The Hall–Kier alpha value is -4.18. The van der Waals surface area contributed by atoms with Gasteiger partial charge >= 0.3 is 0 Å². The van der Waals surface area contributed by atoms with Gasteiger partial charge in [0.25, 0.3) is 0 Å². The Bertz CT molecular complexity index is 1420. The molecule has 1 aliphatic heterocycles. The Morgan fingerprint density at radius 1 is 1.31 bits per heavy atom. The molecule has 0 aliphatic carbocycles. The van der Waals surface area contributed by atoms with Crippen molar-refractivity contribution in [1.29, 1.82) is 0 Å². The van der Waals surface area contributed by atoms with Crippen LogP contribution >= 0.6 is 11.6 Å². The van der Waals surface area contributed by atoms with Gasteiger partial charge in [-0.3, -0.25) is 4.79 Å². The van der Waals surface area contributed by atoms with Gasteiger partial charge < -0.3 is 24.1 Å². The predicted molar refractivity (Wildman–Crippen MR) is 133 cm³/mol. The highest BCUT2D eigenvalue weighted by Gasteiger charge is 2.26. The first kappa shape index (κ1) is 23.6. The third kappa shape index (κ3) is 5.23. The summed E-state index contributed by atoms with van der Waals surface area (Å²) >= 11 is 6.44. The highest BCUT2D eigenvalue weighted by Crippen LogP contribution is 2.31.